The molecule has 84 valence electrons. The molecule has 16 heavy (non-hydrogen) atoms. The predicted octanol–water partition coefficient (Wildman–Crippen LogP) is 2.46. The van der Waals surface area contributed by atoms with E-state index in [1.54, 1.807) is 0 Å². The van der Waals surface area contributed by atoms with Crippen LogP contribution in [0, 0.1) is 18.3 Å². The van der Waals surface area contributed by atoms with Crippen LogP contribution in [0.25, 0.3) is 0 Å². The van der Waals surface area contributed by atoms with Crippen molar-refractivity contribution in [1.82, 2.24) is 4.98 Å². The molecule has 1 fully saturated rings. The first kappa shape index (κ1) is 11.4. The van der Waals surface area contributed by atoms with E-state index in [0.29, 0.717) is 11.4 Å². The number of nitrogens with zero attached hydrogens (tertiary/aromatic N) is 2. The largest absolute Gasteiger partial charge is 0.337 e. The number of hydrogen-bond donors (Lipinski definition) is 0. The lowest BCUT2D eigenvalue weighted by Gasteiger charge is -2.18. The molecule has 0 aliphatic heterocycles. The minimum atomic E-state index is 0.271. The molecule has 0 unspecified atom stereocenters. The van der Waals surface area contributed by atoms with Crippen LogP contribution in [-0.2, 0) is 0 Å². The van der Waals surface area contributed by atoms with E-state index in [4.69, 9.17) is 18.0 Å². The standard InChI is InChI=1S/C11H11ClN2OS/c1-2-5-14(6-8-3-4-8)11-13-10(12)9(7-15)16-11/h1,7-8H,3-6H2. The van der Waals surface area contributed by atoms with Crippen molar-refractivity contribution in [2.75, 3.05) is 18.0 Å². The molecule has 0 radical (unpaired) electrons. The van der Waals surface area contributed by atoms with Crippen LogP contribution in [-0.4, -0.2) is 24.4 Å². The summed E-state index contributed by atoms with van der Waals surface area (Å²) in [7, 11) is 0. The number of thiazole rings is 1. The van der Waals surface area contributed by atoms with Crippen LogP contribution in [0.2, 0.25) is 5.15 Å². The molecule has 0 N–H and O–H groups in total. The van der Waals surface area contributed by atoms with Gasteiger partial charge in [-0.05, 0) is 18.8 Å². The molecular formula is C11H11ClN2OS. The van der Waals surface area contributed by atoms with Crippen LogP contribution in [0.5, 0.6) is 0 Å². The molecule has 1 saturated carbocycles. The Bertz CT molecular complexity index is 434. The van der Waals surface area contributed by atoms with Gasteiger partial charge in [-0.25, -0.2) is 4.98 Å². The predicted molar refractivity (Wildman–Crippen MR) is 66.3 cm³/mol. The molecule has 5 heteroatoms. The van der Waals surface area contributed by atoms with Gasteiger partial charge in [-0.15, -0.1) is 6.42 Å². The summed E-state index contributed by atoms with van der Waals surface area (Å²) in [5.41, 5.74) is 0. The second-order valence-electron chi connectivity index (χ2n) is 3.80. The Hall–Kier alpha value is -1.05. The molecule has 0 saturated heterocycles. The summed E-state index contributed by atoms with van der Waals surface area (Å²) >= 11 is 7.13. The second-order valence-corrected chi connectivity index (χ2v) is 5.16. The summed E-state index contributed by atoms with van der Waals surface area (Å²) in [4.78, 5) is 17.3. The number of terminal acetylenes is 1. The first-order valence-electron chi connectivity index (χ1n) is 5.04. The van der Waals surface area contributed by atoms with Crippen molar-refractivity contribution in [3.63, 3.8) is 0 Å². The van der Waals surface area contributed by atoms with Crippen LogP contribution in [0.3, 0.4) is 0 Å². The highest BCUT2D eigenvalue weighted by molar-refractivity contribution is 7.17. The number of hydrogen-bond acceptors (Lipinski definition) is 4. The average molecular weight is 255 g/mol. The Kier molecular flexibility index (Phi) is 3.47. The maximum atomic E-state index is 10.7. The van der Waals surface area contributed by atoms with Gasteiger partial charge in [0.2, 0.25) is 0 Å². The van der Waals surface area contributed by atoms with E-state index in [2.05, 4.69) is 10.9 Å². The van der Waals surface area contributed by atoms with Crippen molar-refractivity contribution >= 4 is 34.4 Å². The van der Waals surface area contributed by atoms with Gasteiger partial charge in [0.05, 0.1) is 6.54 Å². The molecule has 0 amide bonds. The molecule has 1 aromatic rings. The van der Waals surface area contributed by atoms with Crippen LogP contribution < -0.4 is 4.90 Å². The highest BCUT2D eigenvalue weighted by atomic mass is 35.5. The summed E-state index contributed by atoms with van der Waals surface area (Å²) in [5.74, 6) is 3.33. The molecule has 1 aliphatic carbocycles. The third kappa shape index (κ3) is 2.55. The van der Waals surface area contributed by atoms with E-state index >= 15 is 0 Å². The first-order chi connectivity index (χ1) is 7.74. The number of anilines is 1. The third-order valence-electron chi connectivity index (χ3n) is 2.43. The molecule has 1 aliphatic rings. The van der Waals surface area contributed by atoms with Gasteiger partial charge in [0, 0.05) is 6.54 Å². The number of carbonyl (C=O) groups excluding carboxylic acids is 1. The van der Waals surface area contributed by atoms with E-state index in [1.165, 1.54) is 24.2 Å². The van der Waals surface area contributed by atoms with Crippen molar-refractivity contribution in [2.24, 2.45) is 5.92 Å². The molecule has 0 bridgehead atoms. The zero-order valence-corrected chi connectivity index (χ0v) is 10.2. The quantitative estimate of drug-likeness (QED) is 0.598. The fourth-order valence-corrected chi connectivity index (χ4v) is 2.51. The Balaban J connectivity index is 2.16. The van der Waals surface area contributed by atoms with E-state index < -0.39 is 0 Å². The molecular weight excluding hydrogens is 244 g/mol. The summed E-state index contributed by atoms with van der Waals surface area (Å²) in [6, 6.07) is 0. The fraction of sp³-hybridized carbons (Fsp3) is 0.455. The van der Waals surface area contributed by atoms with Crippen molar-refractivity contribution in [3.8, 4) is 12.3 Å². The number of halogens is 1. The minimum absolute atomic E-state index is 0.271. The molecule has 0 aromatic carbocycles. The fourth-order valence-electron chi connectivity index (χ4n) is 1.44. The van der Waals surface area contributed by atoms with Gasteiger partial charge in [0.15, 0.2) is 16.6 Å². The van der Waals surface area contributed by atoms with Crippen LogP contribution in [0.1, 0.15) is 22.5 Å². The van der Waals surface area contributed by atoms with Crippen LogP contribution in [0.4, 0.5) is 5.13 Å². The zero-order valence-electron chi connectivity index (χ0n) is 8.65. The van der Waals surface area contributed by atoms with E-state index in [-0.39, 0.29) is 5.15 Å². The molecule has 2 rings (SSSR count). The van der Waals surface area contributed by atoms with Gasteiger partial charge in [-0.3, -0.25) is 4.79 Å². The lowest BCUT2D eigenvalue weighted by molar-refractivity contribution is 0.112. The lowest BCUT2D eigenvalue weighted by atomic mass is 10.4. The van der Waals surface area contributed by atoms with Crippen LogP contribution >= 0.6 is 22.9 Å². The SMILES string of the molecule is C#CCN(CC1CC1)c1nc(Cl)c(C=O)s1. The number of aromatic nitrogens is 1. The maximum absolute atomic E-state index is 10.7. The highest BCUT2D eigenvalue weighted by Gasteiger charge is 2.25. The van der Waals surface area contributed by atoms with Crippen molar-refractivity contribution < 1.29 is 4.79 Å². The van der Waals surface area contributed by atoms with Gasteiger partial charge < -0.3 is 4.90 Å². The minimum Gasteiger partial charge on any atom is -0.337 e. The number of carbonyl (C=O) groups is 1. The third-order valence-corrected chi connectivity index (χ3v) is 3.88. The van der Waals surface area contributed by atoms with Crippen molar-refractivity contribution in [2.45, 2.75) is 12.8 Å². The molecule has 1 heterocycles. The summed E-state index contributed by atoms with van der Waals surface area (Å²) in [6.07, 6.45) is 8.56. The number of aldehydes is 1. The zero-order chi connectivity index (χ0) is 11.5. The van der Waals surface area contributed by atoms with Gasteiger partial charge in [-0.1, -0.05) is 28.9 Å². The monoisotopic (exact) mass is 254 g/mol. The van der Waals surface area contributed by atoms with Gasteiger partial charge >= 0.3 is 0 Å². The Morgan fingerprint density at radius 3 is 2.94 bits per heavy atom. The van der Waals surface area contributed by atoms with E-state index in [1.807, 2.05) is 4.90 Å². The summed E-state index contributed by atoms with van der Waals surface area (Å²) in [6.45, 7) is 1.42. The van der Waals surface area contributed by atoms with Gasteiger partial charge in [0.1, 0.15) is 4.88 Å². The van der Waals surface area contributed by atoms with E-state index in [9.17, 15) is 4.79 Å². The first-order valence-corrected chi connectivity index (χ1v) is 6.24. The highest BCUT2D eigenvalue weighted by Crippen LogP contribution is 2.34. The normalized spacial score (nSPS) is 14.5. The van der Waals surface area contributed by atoms with Gasteiger partial charge in [0.25, 0.3) is 0 Å². The average Bonchev–Trinajstić information content (AvgIpc) is 3.00. The van der Waals surface area contributed by atoms with E-state index in [0.717, 1.165) is 23.9 Å². The molecule has 0 spiro atoms. The van der Waals surface area contributed by atoms with Crippen molar-refractivity contribution in [3.05, 3.63) is 10.0 Å². The van der Waals surface area contributed by atoms with Gasteiger partial charge in [-0.2, -0.15) is 0 Å². The molecule has 3 nitrogen and oxygen atoms in total. The molecule has 0 atom stereocenters. The summed E-state index contributed by atoms with van der Waals surface area (Å²) in [5, 5.41) is 1.02. The van der Waals surface area contributed by atoms with Crippen molar-refractivity contribution in [1.29, 1.82) is 0 Å². The second kappa shape index (κ2) is 4.86. The number of rotatable bonds is 5. The summed E-state index contributed by atoms with van der Waals surface area (Å²) < 4.78 is 0. The Labute approximate surface area is 103 Å². The lowest BCUT2D eigenvalue weighted by Crippen LogP contribution is -2.25. The van der Waals surface area contributed by atoms with Crippen LogP contribution in [0.15, 0.2) is 0 Å². The Morgan fingerprint density at radius 2 is 2.44 bits per heavy atom. The topological polar surface area (TPSA) is 33.2 Å². The molecule has 1 aromatic heterocycles. The smallest absolute Gasteiger partial charge is 0.188 e. The maximum Gasteiger partial charge on any atom is 0.188 e. The Morgan fingerprint density at radius 1 is 1.69 bits per heavy atom.